The number of benzene rings is 2. The zero-order valence-corrected chi connectivity index (χ0v) is 51.0. The van der Waals surface area contributed by atoms with Gasteiger partial charge in [-0.3, -0.25) is 0 Å². The van der Waals surface area contributed by atoms with Crippen molar-refractivity contribution < 1.29 is 173 Å². The van der Waals surface area contributed by atoms with Gasteiger partial charge >= 0.3 is 0 Å². The van der Waals surface area contributed by atoms with Crippen LogP contribution in [-0.4, -0.2) is 375 Å². The molecule has 2 aromatic rings. The van der Waals surface area contributed by atoms with Gasteiger partial charge in [0.2, 0.25) is 0 Å². The van der Waals surface area contributed by atoms with Crippen LogP contribution in [0.25, 0.3) is 0 Å². The highest BCUT2D eigenvalue weighted by molar-refractivity contribution is 7.95. The van der Waals surface area contributed by atoms with Crippen molar-refractivity contribution in [1.29, 1.82) is 0 Å². The summed E-state index contributed by atoms with van der Waals surface area (Å²) >= 11 is 0.989. The lowest BCUT2D eigenvalue weighted by Gasteiger charge is -2.50. The number of hydrogen-bond donors (Lipinski definition) is 20. The third kappa shape index (κ3) is 15.7. The SMILES string of the molecule is OC[C@H]1O[C@@H]2O[C@H]3[C@H](O)[C@@H](O)[C@@H](O[C@H]4[C@H](O)[C@@H](O)[C@@H](O[C@H]5[C@H](O)[C@@H](O)[C@@H](O[C@H]6[C@H](O)[C@@H](O)[C@@H](O[C@H]7[C@H](O)[C@@H](O)[C@@H](O[C@H]8[C@H](O)[C@@H](O)[C@@H](O[C@H]1[C@H](O)[C@H]2O)O[C@@H]8CO)O[C@@H]7CO)O[C@@H]6CO)O[C@@H]5COSCCP(c1ccccc1)c1ccccc1)O[C@@H]4CO)O[C@@H]3CO. The molecule has 21 heterocycles. The molecule has 0 aliphatic carbocycles. The maximum Gasteiger partial charge on any atom is 0.187 e. The number of rotatable bonds is 14. The molecule has 0 unspecified atom stereocenters. The largest absolute Gasteiger partial charge is 0.394 e. The van der Waals surface area contributed by atoms with Gasteiger partial charge in [-0.2, -0.15) is 0 Å². The Morgan fingerprint density at radius 3 is 0.699 bits per heavy atom. The van der Waals surface area contributed by atoms with Gasteiger partial charge in [-0.15, -0.1) is 0 Å². The lowest BCUT2D eigenvalue weighted by molar-refractivity contribution is -0.396. The second-order valence-corrected chi connectivity index (χ2v) is 26.6. The van der Waals surface area contributed by atoms with E-state index in [4.69, 9.17) is 70.5 Å². The lowest BCUT2D eigenvalue weighted by atomic mass is 9.95. The van der Waals surface area contributed by atoms with Crippen LogP contribution in [0.5, 0.6) is 0 Å². The Morgan fingerprint density at radius 1 is 0.280 bits per heavy atom. The second-order valence-electron chi connectivity index (χ2n) is 23.4. The minimum Gasteiger partial charge on any atom is -0.394 e. The number of aliphatic hydroxyl groups excluding tert-OH is 20. The molecule has 0 aromatic heterocycles. The van der Waals surface area contributed by atoms with Gasteiger partial charge in [0.1, 0.15) is 171 Å². The Hall–Kier alpha value is -2.18. The van der Waals surface area contributed by atoms with Crippen LogP contribution in [-0.2, 0) is 70.5 Å². The normalized spacial score (nSPS) is 47.9. The number of aliphatic hydroxyl groups is 20. The van der Waals surface area contributed by atoms with E-state index in [2.05, 4.69) is 0 Å². The first-order valence-corrected chi connectivity index (χ1v) is 32.6. The topological polar surface area (TPSA) is 543 Å². The molecule has 0 saturated carbocycles. The number of hydrogen-bond acceptors (Lipinski definition) is 36. The molecule has 528 valence electrons. The second kappa shape index (κ2) is 32.9. The van der Waals surface area contributed by atoms with Crippen molar-refractivity contribution in [2.45, 2.75) is 215 Å². The van der Waals surface area contributed by atoms with Crippen LogP contribution in [0, 0.1) is 0 Å². The Labute approximate surface area is 535 Å². The molecule has 35 nitrogen and oxygen atoms in total. The van der Waals surface area contributed by atoms with Crippen molar-refractivity contribution in [2.24, 2.45) is 0 Å². The molecule has 0 amide bonds. The Kier molecular flexibility index (Phi) is 26.0. The van der Waals surface area contributed by atoms with E-state index in [0.717, 1.165) is 22.7 Å². The Morgan fingerprint density at radius 2 is 0.484 bits per heavy atom. The molecule has 37 heteroatoms. The van der Waals surface area contributed by atoms with Gasteiger partial charge in [-0.25, -0.2) is 0 Å². The summed E-state index contributed by atoms with van der Waals surface area (Å²) in [5.74, 6) is 0.374. The monoisotopic (exact) mass is 1380 g/mol. The third-order valence-electron chi connectivity index (χ3n) is 17.5. The fourth-order valence-electron chi connectivity index (χ4n) is 12.3. The van der Waals surface area contributed by atoms with E-state index in [1.807, 2.05) is 60.7 Å². The van der Waals surface area contributed by atoms with Crippen LogP contribution < -0.4 is 10.6 Å². The highest BCUT2D eigenvalue weighted by atomic mass is 32.2. The highest BCUT2D eigenvalue weighted by Gasteiger charge is 2.60. The first-order valence-electron chi connectivity index (χ1n) is 30.1. The van der Waals surface area contributed by atoms with Crippen molar-refractivity contribution >= 4 is 30.6 Å². The Bertz CT molecular complexity index is 2520. The van der Waals surface area contributed by atoms with Crippen LogP contribution in [0.3, 0.4) is 0 Å². The predicted octanol–water partition coefficient (Wildman–Crippen LogP) is -11.4. The van der Waals surface area contributed by atoms with E-state index in [9.17, 15) is 102 Å². The van der Waals surface area contributed by atoms with Crippen LogP contribution in [0.15, 0.2) is 60.7 Å². The summed E-state index contributed by atoms with van der Waals surface area (Å²) in [5, 5.41) is 227. The molecule has 21 saturated heterocycles. The average Bonchev–Trinajstić information content (AvgIpc) is 0.796. The smallest absolute Gasteiger partial charge is 0.187 e. The molecule has 35 atom stereocenters. The maximum atomic E-state index is 12.0. The fraction of sp³-hybridized carbons (Fsp3) is 0.786. The Balaban J connectivity index is 0.927. The average molecular weight is 1380 g/mol. The van der Waals surface area contributed by atoms with Gasteiger partial charge in [0.05, 0.1) is 46.2 Å². The van der Waals surface area contributed by atoms with Gasteiger partial charge < -0.3 is 173 Å². The van der Waals surface area contributed by atoms with E-state index in [1.54, 1.807) is 0 Å². The van der Waals surface area contributed by atoms with Gasteiger partial charge in [-0.05, 0) is 36.7 Å². The molecule has 0 radical (unpaired) electrons. The fourth-order valence-corrected chi connectivity index (χ4v) is 15.6. The molecule has 14 bridgehead atoms. The van der Waals surface area contributed by atoms with Gasteiger partial charge in [-0.1, -0.05) is 60.7 Å². The van der Waals surface area contributed by atoms with Crippen molar-refractivity contribution in [3.8, 4) is 0 Å². The predicted molar refractivity (Wildman–Crippen MR) is 304 cm³/mol. The van der Waals surface area contributed by atoms with E-state index in [1.165, 1.54) is 0 Å². The minimum absolute atomic E-state index is 0.374. The molecule has 93 heavy (non-hydrogen) atoms. The molecule has 21 fully saturated rings. The van der Waals surface area contributed by atoms with E-state index in [-0.39, 0.29) is 0 Å². The molecule has 20 N–H and O–H groups in total. The quantitative estimate of drug-likeness (QED) is 0.0474. The highest BCUT2D eigenvalue weighted by Crippen LogP contribution is 2.40. The van der Waals surface area contributed by atoms with Gasteiger partial charge in [0, 0.05) is 5.75 Å². The lowest BCUT2D eigenvalue weighted by Crippen LogP contribution is -2.68. The maximum absolute atomic E-state index is 12.0. The zero-order valence-electron chi connectivity index (χ0n) is 49.3. The first kappa shape index (κ1) is 73.5. The number of ether oxygens (including phenoxy) is 14. The molecule has 23 rings (SSSR count). The third-order valence-corrected chi connectivity index (χ3v) is 20.9. The van der Waals surface area contributed by atoms with E-state index >= 15 is 0 Å². The summed E-state index contributed by atoms with van der Waals surface area (Å²) in [4.78, 5) is 0. The molecular weight excluding hydrogens is 1300 g/mol. The van der Waals surface area contributed by atoms with E-state index < -0.39 is 269 Å². The molecule has 21 aliphatic rings. The van der Waals surface area contributed by atoms with Crippen LogP contribution in [0.1, 0.15) is 0 Å². The van der Waals surface area contributed by atoms with Crippen molar-refractivity contribution in [2.75, 3.05) is 58.2 Å². The minimum atomic E-state index is -2.21. The standard InChI is InChI=1S/C56H83O35PS/c57-13-22-43-30(64)37(71)51(79-22)87-45-24(15-59)81-53(39(73)32(45)66)89-47-26(17-61)83-55(41(75)34(47)68)91-49-28(19-77-93-12-11-92(20-7-3-1-4-8-20)21-9-5-2-6-10-21)84-56(42(76)35(49)69)90-48-27(18-62)82-54(40(74)33(48)67)88-46-25(16-60)80-52(38(72)31(46)65)86-44-23(14-58)78-50(85-43)36(70)29(44)63/h1-10,22-76H,11-19H2/t22-,23-,24-,25-,26-,27-,28-,29-,30-,31-,32-,33-,34-,35-,36-,37-,38-,39-,40-,41-,42-,43-,44-,45-,46-,47-,48-,49-,50-,51-,52-,53-,54-,55-,56-/m1/s1. The summed E-state index contributed by atoms with van der Waals surface area (Å²) in [7, 11) is -0.904. The molecule has 0 spiro atoms. The summed E-state index contributed by atoms with van der Waals surface area (Å²) in [6, 6.07) is 19.5. The zero-order chi connectivity index (χ0) is 66.7. The van der Waals surface area contributed by atoms with Gasteiger partial charge in [0.25, 0.3) is 0 Å². The summed E-state index contributed by atoms with van der Waals surface area (Å²) < 4.78 is 87.9. The van der Waals surface area contributed by atoms with Crippen molar-refractivity contribution in [3.05, 3.63) is 60.7 Å². The first-order chi connectivity index (χ1) is 44.7. The van der Waals surface area contributed by atoms with E-state index in [0.29, 0.717) is 11.9 Å². The van der Waals surface area contributed by atoms with Crippen molar-refractivity contribution in [1.82, 2.24) is 0 Å². The molecule has 2 aromatic carbocycles. The molecule has 21 aliphatic heterocycles. The molecular formula is C56H83O35PS. The summed E-state index contributed by atoms with van der Waals surface area (Å²) in [6.45, 7) is -6.79. The van der Waals surface area contributed by atoms with Gasteiger partial charge in [0.15, 0.2) is 44.0 Å². The van der Waals surface area contributed by atoms with Crippen LogP contribution in [0.4, 0.5) is 0 Å². The summed E-state index contributed by atoms with van der Waals surface area (Å²) in [5.41, 5.74) is 0. The van der Waals surface area contributed by atoms with Crippen LogP contribution in [0.2, 0.25) is 0 Å². The van der Waals surface area contributed by atoms with Crippen LogP contribution >= 0.6 is 20.0 Å². The van der Waals surface area contributed by atoms with Crippen molar-refractivity contribution in [3.63, 3.8) is 0 Å². The summed E-state index contributed by atoms with van der Waals surface area (Å²) in [6.07, 6.45) is -69.5.